The van der Waals surface area contributed by atoms with Crippen molar-refractivity contribution in [3.8, 4) is 0 Å². The Labute approximate surface area is 106 Å². The third-order valence-electron chi connectivity index (χ3n) is 3.64. The molecule has 2 aromatic heterocycles. The lowest BCUT2D eigenvalue weighted by atomic mass is 10.1. The van der Waals surface area contributed by atoms with Crippen molar-refractivity contribution in [3.63, 3.8) is 0 Å². The summed E-state index contributed by atoms with van der Waals surface area (Å²) < 4.78 is 2.13. The summed E-state index contributed by atoms with van der Waals surface area (Å²) in [5.41, 5.74) is 8.46. The van der Waals surface area contributed by atoms with Gasteiger partial charge in [-0.25, -0.2) is 4.98 Å². The van der Waals surface area contributed by atoms with E-state index in [0.29, 0.717) is 5.15 Å². The lowest BCUT2D eigenvalue weighted by Crippen LogP contribution is -2.22. The first kappa shape index (κ1) is 11.1. The van der Waals surface area contributed by atoms with Gasteiger partial charge in [0, 0.05) is 11.2 Å². The Kier molecular flexibility index (Phi) is 2.42. The molecule has 0 radical (unpaired) electrons. The Bertz CT molecular complexity index is 569. The minimum Gasteiger partial charge on any atom is -0.325 e. The molecule has 1 fully saturated rings. The van der Waals surface area contributed by atoms with Crippen LogP contribution in [0.2, 0.25) is 5.15 Å². The summed E-state index contributed by atoms with van der Waals surface area (Å²) in [4.78, 5) is 4.31. The molecule has 0 amide bonds. The molecule has 90 valence electrons. The molecule has 2 aromatic rings. The Morgan fingerprint density at radius 1 is 1.47 bits per heavy atom. The Balaban J connectivity index is 1.97. The monoisotopic (exact) mass is 249 g/mol. The minimum atomic E-state index is 0.0977. The molecular weight excluding hydrogens is 234 g/mol. The van der Waals surface area contributed by atoms with Gasteiger partial charge in [-0.3, -0.25) is 4.40 Å². The van der Waals surface area contributed by atoms with E-state index in [-0.39, 0.29) is 5.54 Å². The Morgan fingerprint density at radius 2 is 2.24 bits per heavy atom. The van der Waals surface area contributed by atoms with Crippen LogP contribution < -0.4 is 5.73 Å². The third kappa shape index (κ3) is 1.94. The number of aromatic nitrogens is 2. The summed E-state index contributed by atoms with van der Waals surface area (Å²) >= 11 is 6.10. The Morgan fingerprint density at radius 3 is 2.94 bits per heavy atom. The second kappa shape index (κ2) is 3.72. The zero-order chi connectivity index (χ0) is 12.0. The molecule has 1 aliphatic rings. The van der Waals surface area contributed by atoms with Gasteiger partial charge in [0.25, 0.3) is 0 Å². The zero-order valence-electron chi connectivity index (χ0n) is 9.91. The van der Waals surface area contributed by atoms with E-state index < -0.39 is 0 Å². The molecule has 0 bridgehead atoms. The van der Waals surface area contributed by atoms with E-state index in [1.54, 1.807) is 0 Å². The molecule has 0 spiro atoms. The SMILES string of the molecule is Cc1nc(Cl)c2cccc(CCC3(N)CC3)n12. The number of aryl methyl sites for hydroxylation is 2. The fraction of sp³-hybridized carbons (Fsp3) is 0.462. The maximum Gasteiger partial charge on any atom is 0.155 e. The number of imidazole rings is 1. The summed E-state index contributed by atoms with van der Waals surface area (Å²) in [5.74, 6) is 0.947. The standard InChI is InChI=1S/C13H16ClN3/c1-9-16-12(14)11-4-2-3-10(17(9)11)5-6-13(15)7-8-13/h2-4H,5-8,15H2,1H3. The highest BCUT2D eigenvalue weighted by atomic mass is 35.5. The highest BCUT2D eigenvalue weighted by Crippen LogP contribution is 2.36. The number of halogens is 1. The number of rotatable bonds is 3. The molecule has 3 rings (SSSR count). The molecule has 2 heterocycles. The first-order chi connectivity index (χ1) is 8.09. The van der Waals surface area contributed by atoms with E-state index in [1.165, 1.54) is 5.69 Å². The first-order valence-corrected chi connectivity index (χ1v) is 6.38. The van der Waals surface area contributed by atoms with Crippen LogP contribution in [-0.4, -0.2) is 14.9 Å². The lowest BCUT2D eigenvalue weighted by Gasteiger charge is -2.10. The van der Waals surface area contributed by atoms with E-state index in [4.69, 9.17) is 17.3 Å². The van der Waals surface area contributed by atoms with Gasteiger partial charge in [-0.05, 0) is 44.7 Å². The van der Waals surface area contributed by atoms with Crippen molar-refractivity contribution >= 4 is 17.1 Å². The fourth-order valence-electron chi connectivity index (χ4n) is 2.33. The minimum absolute atomic E-state index is 0.0977. The average molecular weight is 250 g/mol. The summed E-state index contributed by atoms with van der Waals surface area (Å²) in [7, 11) is 0. The molecule has 1 saturated carbocycles. The quantitative estimate of drug-likeness (QED) is 0.909. The van der Waals surface area contributed by atoms with E-state index >= 15 is 0 Å². The molecule has 1 aliphatic carbocycles. The molecule has 0 aromatic carbocycles. The van der Waals surface area contributed by atoms with Gasteiger partial charge in [0.05, 0.1) is 5.52 Å². The van der Waals surface area contributed by atoms with Gasteiger partial charge in [-0.2, -0.15) is 0 Å². The fourth-order valence-corrected chi connectivity index (χ4v) is 2.60. The van der Waals surface area contributed by atoms with Crippen molar-refractivity contribution in [1.82, 2.24) is 9.38 Å². The van der Waals surface area contributed by atoms with E-state index in [2.05, 4.69) is 15.5 Å². The van der Waals surface area contributed by atoms with Crippen LogP contribution in [0.25, 0.3) is 5.52 Å². The van der Waals surface area contributed by atoms with Crippen molar-refractivity contribution in [2.45, 2.75) is 38.1 Å². The predicted octanol–water partition coefficient (Wildman–Crippen LogP) is 2.72. The van der Waals surface area contributed by atoms with Crippen LogP contribution in [-0.2, 0) is 6.42 Å². The van der Waals surface area contributed by atoms with Gasteiger partial charge in [0.2, 0.25) is 0 Å². The smallest absolute Gasteiger partial charge is 0.155 e. The topological polar surface area (TPSA) is 43.3 Å². The van der Waals surface area contributed by atoms with Crippen LogP contribution >= 0.6 is 11.6 Å². The molecule has 2 N–H and O–H groups in total. The van der Waals surface area contributed by atoms with Crippen molar-refractivity contribution < 1.29 is 0 Å². The maximum absolute atomic E-state index is 6.13. The van der Waals surface area contributed by atoms with Gasteiger partial charge in [-0.1, -0.05) is 17.7 Å². The zero-order valence-corrected chi connectivity index (χ0v) is 10.7. The first-order valence-electron chi connectivity index (χ1n) is 6.00. The van der Waals surface area contributed by atoms with Crippen LogP contribution in [0.15, 0.2) is 18.2 Å². The van der Waals surface area contributed by atoms with Crippen LogP contribution in [0.1, 0.15) is 30.8 Å². The molecule has 17 heavy (non-hydrogen) atoms. The van der Waals surface area contributed by atoms with Crippen molar-refractivity contribution in [1.29, 1.82) is 0 Å². The van der Waals surface area contributed by atoms with Gasteiger partial charge < -0.3 is 5.73 Å². The van der Waals surface area contributed by atoms with Crippen molar-refractivity contribution in [2.75, 3.05) is 0 Å². The van der Waals surface area contributed by atoms with Gasteiger partial charge in [0.1, 0.15) is 5.82 Å². The summed E-state index contributed by atoms with van der Waals surface area (Å²) in [6.45, 7) is 1.98. The number of hydrogen-bond acceptors (Lipinski definition) is 2. The molecule has 3 nitrogen and oxygen atoms in total. The maximum atomic E-state index is 6.13. The summed E-state index contributed by atoms with van der Waals surface area (Å²) in [5, 5.41) is 0.582. The molecule has 4 heteroatoms. The molecule has 0 atom stereocenters. The summed E-state index contributed by atoms with van der Waals surface area (Å²) in [6.07, 6.45) is 4.35. The molecule has 0 saturated heterocycles. The number of hydrogen-bond donors (Lipinski definition) is 1. The van der Waals surface area contributed by atoms with Gasteiger partial charge >= 0.3 is 0 Å². The van der Waals surface area contributed by atoms with Crippen molar-refractivity contribution in [2.24, 2.45) is 5.73 Å². The number of nitrogens with two attached hydrogens (primary N) is 1. The van der Waals surface area contributed by atoms with Crippen LogP contribution in [0, 0.1) is 6.92 Å². The largest absolute Gasteiger partial charge is 0.325 e. The van der Waals surface area contributed by atoms with Gasteiger partial charge in [-0.15, -0.1) is 0 Å². The number of pyridine rings is 1. The van der Waals surface area contributed by atoms with E-state index in [0.717, 1.165) is 37.0 Å². The Hall–Kier alpha value is -1.06. The average Bonchev–Trinajstić information content (AvgIpc) is 2.97. The highest BCUT2D eigenvalue weighted by molar-refractivity contribution is 6.32. The summed E-state index contributed by atoms with van der Waals surface area (Å²) in [6, 6.07) is 6.17. The predicted molar refractivity (Wildman–Crippen MR) is 69.4 cm³/mol. The second-order valence-corrected chi connectivity index (χ2v) is 5.41. The lowest BCUT2D eigenvalue weighted by molar-refractivity contribution is 0.600. The molecule has 0 unspecified atom stereocenters. The second-order valence-electron chi connectivity index (χ2n) is 5.05. The number of fused-ring (bicyclic) bond motifs is 1. The van der Waals surface area contributed by atoms with Crippen LogP contribution in [0.5, 0.6) is 0 Å². The molecular formula is C13H16ClN3. The highest BCUT2D eigenvalue weighted by Gasteiger charge is 2.37. The van der Waals surface area contributed by atoms with E-state index in [1.807, 2.05) is 19.1 Å². The van der Waals surface area contributed by atoms with Gasteiger partial charge in [0.15, 0.2) is 5.15 Å². The third-order valence-corrected chi connectivity index (χ3v) is 3.92. The molecule has 0 aliphatic heterocycles. The van der Waals surface area contributed by atoms with Crippen LogP contribution in [0.4, 0.5) is 0 Å². The van der Waals surface area contributed by atoms with Crippen molar-refractivity contribution in [3.05, 3.63) is 34.9 Å². The van der Waals surface area contributed by atoms with E-state index in [9.17, 15) is 0 Å². The normalized spacial score (nSPS) is 17.6. The van der Waals surface area contributed by atoms with Crippen LogP contribution in [0.3, 0.4) is 0 Å². The number of nitrogens with zero attached hydrogens (tertiary/aromatic N) is 2.